The van der Waals surface area contributed by atoms with Crippen LogP contribution in [0.25, 0.3) is 20.2 Å². The van der Waals surface area contributed by atoms with Crippen LogP contribution in [0.15, 0.2) is 48.5 Å². The summed E-state index contributed by atoms with van der Waals surface area (Å²) in [6.45, 7) is 6.63. The Kier molecular flexibility index (Phi) is 3.77. The van der Waals surface area contributed by atoms with E-state index < -0.39 is 0 Å². The van der Waals surface area contributed by atoms with Crippen LogP contribution in [0, 0.1) is 6.92 Å². The molecular weight excluding hydrogens is 280 g/mol. The molecule has 0 fully saturated rings. The predicted molar refractivity (Wildman–Crippen MR) is 91.9 cm³/mol. The fourth-order valence-corrected chi connectivity index (χ4v) is 4.19. The molecule has 2 aromatic heterocycles. The van der Waals surface area contributed by atoms with Crippen LogP contribution in [0.5, 0.6) is 0 Å². The molecule has 20 heavy (non-hydrogen) atoms. The number of thiophene rings is 2. The first-order valence-corrected chi connectivity index (χ1v) is 8.54. The molecular formula is C18H18S2. The second-order valence-corrected chi connectivity index (χ2v) is 7.72. The molecule has 2 heterocycles. The summed E-state index contributed by atoms with van der Waals surface area (Å²) in [7, 11) is 0. The molecule has 2 heteroatoms. The summed E-state index contributed by atoms with van der Waals surface area (Å²) in [5, 5.41) is 0. The molecule has 0 aliphatic rings. The van der Waals surface area contributed by atoms with Crippen LogP contribution in [0.2, 0.25) is 0 Å². The van der Waals surface area contributed by atoms with Crippen molar-refractivity contribution >= 4 is 22.7 Å². The number of aryl methyl sites for hydroxylation is 1. The summed E-state index contributed by atoms with van der Waals surface area (Å²) in [6, 6.07) is 17.9. The van der Waals surface area contributed by atoms with Crippen molar-refractivity contribution in [3.63, 3.8) is 0 Å². The molecule has 1 aromatic carbocycles. The average molecular weight is 298 g/mol. The lowest BCUT2D eigenvalue weighted by Gasteiger charge is -2.05. The van der Waals surface area contributed by atoms with Crippen LogP contribution in [0.4, 0.5) is 0 Å². The Morgan fingerprint density at radius 1 is 0.700 bits per heavy atom. The second-order valence-electron chi connectivity index (χ2n) is 5.35. The number of hydrogen-bond acceptors (Lipinski definition) is 2. The fourth-order valence-electron chi connectivity index (χ4n) is 2.22. The molecule has 3 rings (SSSR count). The van der Waals surface area contributed by atoms with Crippen LogP contribution >= 0.6 is 22.7 Å². The summed E-state index contributed by atoms with van der Waals surface area (Å²) in [6.07, 6.45) is 0. The highest BCUT2D eigenvalue weighted by atomic mass is 32.1. The minimum absolute atomic E-state index is 0.594. The minimum atomic E-state index is 0.594. The number of hydrogen-bond donors (Lipinski definition) is 0. The van der Waals surface area contributed by atoms with Crippen LogP contribution in [0.3, 0.4) is 0 Å². The molecule has 0 N–H and O–H groups in total. The maximum absolute atomic E-state index is 2.24. The van der Waals surface area contributed by atoms with E-state index in [0.29, 0.717) is 5.92 Å². The maximum Gasteiger partial charge on any atom is 0.0449 e. The molecule has 0 spiro atoms. The largest absolute Gasteiger partial charge is 0.140 e. The van der Waals surface area contributed by atoms with Crippen molar-refractivity contribution in [3.8, 4) is 20.2 Å². The van der Waals surface area contributed by atoms with E-state index in [0.717, 1.165) is 0 Å². The number of rotatable bonds is 3. The Labute approximate surface area is 128 Å². The van der Waals surface area contributed by atoms with Gasteiger partial charge in [0.2, 0.25) is 0 Å². The van der Waals surface area contributed by atoms with Crippen molar-refractivity contribution in [2.24, 2.45) is 0 Å². The van der Waals surface area contributed by atoms with E-state index in [2.05, 4.69) is 69.3 Å². The van der Waals surface area contributed by atoms with Crippen molar-refractivity contribution in [1.29, 1.82) is 0 Å². The molecule has 0 amide bonds. The van der Waals surface area contributed by atoms with Crippen molar-refractivity contribution in [3.05, 3.63) is 59.0 Å². The van der Waals surface area contributed by atoms with Crippen molar-refractivity contribution in [2.45, 2.75) is 26.7 Å². The lowest BCUT2D eigenvalue weighted by molar-refractivity contribution is 0.867. The lowest BCUT2D eigenvalue weighted by atomic mass is 10.0. The fraction of sp³-hybridized carbons (Fsp3) is 0.222. The third kappa shape index (κ3) is 2.72. The summed E-state index contributed by atoms with van der Waals surface area (Å²) >= 11 is 3.74. The van der Waals surface area contributed by atoms with E-state index in [4.69, 9.17) is 0 Å². The molecule has 0 saturated carbocycles. The van der Waals surface area contributed by atoms with E-state index in [1.807, 2.05) is 22.7 Å². The first-order valence-electron chi connectivity index (χ1n) is 6.90. The van der Waals surface area contributed by atoms with E-state index in [1.165, 1.54) is 30.6 Å². The Morgan fingerprint density at radius 3 is 1.90 bits per heavy atom. The number of benzene rings is 1. The molecule has 0 saturated heterocycles. The molecule has 102 valence electrons. The summed E-state index contributed by atoms with van der Waals surface area (Å²) in [4.78, 5) is 5.46. The molecule has 0 atom stereocenters. The van der Waals surface area contributed by atoms with Gasteiger partial charge in [0.05, 0.1) is 0 Å². The van der Waals surface area contributed by atoms with Gasteiger partial charge in [0.1, 0.15) is 0 Å². The molecule has 0 nitrogen and oxygen atoms in total. The quantitative estimate of drug-likeness (QED) is 0.512. The van der Waals surface area contributed by atoms with Gasteiger partial charge in [-0.2, -0.15) is 0 Å². The van der Waals surface area contributed by atoms with Gasteiger partial charge in [0.25, 0.3) is 0 Å². The Bertz CT molecular complexity index is 699. The van der Waals surface area contributed by atoms with E-state index in [9.17, 15) is 0 Å². The lowest BCUT2D eigenvalue weighted by Crippen LogP contribution is -1.85. The third-order valence-corrected chi connectivity index (χ3v) is 5.78. The van der Waals surface area contributed by atoms with Crippen molar-refractivity contribution in [1.82, 2.24) is 0 Å². The summed E-state index contributed by atoms with van der Waals surface area (Å²) < 4.78 is 0. The molecule has 0 unspecified atom stereocenters. The highest BCUT2D eigenvalue weighted by Gasteiger charge is 2.07. The molecule has 0 aliphatic heterocycles. The van der Waals surface area contributed by atoms with Crippen LogP contribution < -0.4 is 0 Å². The van der Waals surface area contributed by atoms with Crippen LogP contribution in [0.1, 0.15) is 30.2 Å². The van der Waals surface area contributed by atoms with Gasteiger partial charge in [-0.25, -0.2) is 0 Å². The maximum atomic E-state index is 2.24. The zero-order chi connectivity index (χ0) is 14.1. The van der Waals surface area contributed by atoms with Crippen LogP contribution in [-0.4, -0.2) is 0 Å². The van der Waals surface area contributed by atoms with Gasteiger partial charge in [-0.05, 0) is 48.2 Å². The van der Waals surface area contributed by atoms with E-state index >= 15 is 0 Å². The van der Waals surface area contributed by atoms with Gasteiger partial charge in [-0.15, -0.1) is 22.7 Å². The molecule has 0 bridgehead atoms. The smallest absolute Gasteiger partial charge is 0.0449 e. The van der Waals surface area contributed by atoms with Gasteiger partial charge in [0.15, 0.2) is 0 Å². The zero-order valence-electron chi connectivity index (χ0n) is 12.0. The van der Waals surface area contributed by atoms with E-state index in [1.54, 1.807) is 0 Å². The second kappa shape index (κ2) is 5.55. The van der Waals surface area contributed by atoms with Gasteiger partial charge in [0, 0.05) is 19.5 Å². The van der Waals surface area contributed by atoms with Gasteiger partial charge in [-0.1, -0.05) is 38.1 Å². The monoisotopic (exact) mass is 298 g/mol. The van der Waals surface area contributed by atoms with Gasteiger partial charge >= 0.3 is 0 Å². The molecule has 0 aliphatic carbocycles. The Hall–Kier alpha value is -1.38. The summed E-state index contributed by atoms with van der Waals surface area (Å²) in [5.41, 5.74) is 2.72. The first-order chi connectivity index (χ1) is 9.63. The highest BCUT2D eigenvalue weighted by Crippen LogP contribution is 2.37. The van der Waals surface area contributed by atoms with Gasteiger partial charge in [-0.3, -0.25) is 0 Å². The summed E-state index contributed by atoms with van der Waals surface area (Å²) in [5.74, 6) is 0.594. The molecule has 0 radical (unpaired) electrons. The van der Waals surface area contributed by atoms with Gasteiger partial charge < -0.3 is 0 Å². The normalized spacial score (nSPS) is 11.2. The topological polar surface area (TPSA) is 0 Å². The zero-order valence-corrected chi connectivity index (χ0v) is 13.6. The minimum Gasteiger partial charge on any atom is -0.140 e. The Balaban J connectivity index is 1.90. The molecule has 3 aromatic rings. The van der Waals surface area contributed by atoms with Crippen LogP contribution in [-0.2, 0) is 0 Å². The first kappa shape index (κ1) is 13.6. The predicted octanol–water partition coefficient (Wildman–Crippen LogP) is 6.58. The SMILES string of the molecule is Cc1ccc(-c2ccc(-c3ccc(C(C)C)cc3)s2)s1. The average Bonchev–Trinajstić information content (AvgIpc) is 3.07. The Morgan fingerprint density at radius 2 is 1.30 bits per heavy atom. The van der Waals surface area contributed by atoms with E-state index in [-0.39, 0.29) is 0 Å². The van der Waals surface area contributed by atoms with Crippen molar-refractivity contribution < 1.29 is 0 Å². The third-order valence-electron chi connectivity index (χ3n) is 3.45. The standard InChI is InChI=1S/C18H18S2/c1-12(2)14-5-7-15(8-6-14)16-10-11-18(20-16)17-9-4-13(3)19-17/h4-12H,1-3H3. The van der Waals surface area contributed by atoms with Crippen molar-refractivity contribution in [2.75, 3.05) is 0 Å². The highest BCUT2D eigenvalue weighted by molar-refractivity contribution is 7.23.